The van der Waals surface area contributed by atoms with Gasteiger partial charge in [0.1, 0.15) is 5.82 Å². The number of amides is 1. The summed E-state index contributed by atoms with van der Waals surface area (Å²) in [4.78, 5) is 24.3. The summed E-state index contributed by atoms with van der Waals surface area (Å²) in [5, 5.41) is 4.92. The maximum atomic E-state index is 14.2. The van der Waals surface area contributed by atoms with E-state index < -0.39 is 5.82 Å². The van der Waals surface area contributed by atoms with E-state index in [0.29, 0.717) is 17.5 Å². The molecule has 0 spiro atoms. The molecule has 4 heterocycles. The zero-order valence-electron chi connectivity index (χ0n) is 18.0. The minimum atomic E-state index is -0.448. The molecule has 166 valence electrons. The second-order valence-electron chi connectivity index (χ2n) is 8.74. The van der Waals surface area contributed by atoms with Crippen molar-refractivity contribution in [2.24, 2.45) is 7.05 Å². The van der Waals surface area contributed by atoms with E-state index >= 15 is 0 Å². The normalized spacial score (nSPS) is 19.5. The second kappa shape index (κ2) is 7.63. The van der Waals surface area contributed by atoms with Gasteiger partial charge in [-0.1, -0.05) is 17.7 Å². The molecule has 1 saturated heterocycles. The Balaban J connectivity index is 1.42. The number of aromatic nitrogens is 4. The molecule has 0 saturated carbocycles. The lowest BCUT2D eigenvalue weighted by Crippen LogP contribution is -2.49. The van der Waals surface area contributed by atoms with Gasteiger partial charge in [-0.25, -0.2) is 4.39 Å². The Bertz CT molecular complexity index is 1420. The van der Waals surface area contributed by atoms with Crippen LogP contribution in [0.3, 0.4) is 0 Å². The summed E-state index contributed by atoms with van der Waals surface area (Å²) >= 11 is 5.90. The zero-order chi connectivity index (χ0) is 22.7. The molecule has 0 aliphatic carbocycles. The summed E-state index contributed by atoms with van der Waals surface area (Å²) in [6, 6.07) is 10.3. The van der Waals surface area contributed by atoms with Gasteiger partial charge in [-0.15, -0.1) is 0 Å². The molecule has 33 heavy (non-hydrogen) atoms. The number of piperidine rings is 1. The van der Waals surface area contributed by atoms with E-state index in [1.54, 1.807) is 18.5 Å². The quantitative estimate of drug-likeness (QED) is 0.416. The first-order valence-electron chi connectivity index (χ1n) is 11.1. The molecule has 2 bridgehead atoms. The predicted molar refractivity (Wildman–Crippen MR) is 123 cm³/mol. The molecule has 0 unspecified atom stereocenters. The van der Waals surface area contributed by atoms with Gasteiger partial charge in [0.05, 0.1) is 33.5 Å². The summed E-state index contributed by atoms with van der Waals surface area (Å²) in [5.41, 5.74) is 5.73. The first kappa shape index (κ1) is 20.3. The predicted octanol–water partition coefficient (Wildman–Crippen LogP) is 5.11. The molecule has 6 nitrogen and oxygen atoms in total. The monoisotopic (exact) mass is 461 g/mol. The van der Waals surface area contributed by atoms with E-state index in [1.807, 2.05) is 40.9 Å². The zero-order valence-corrected chi connectivity index (χ0v) is 18.8. The molecular formula is C25H21ClFN5O. The molecule has 8 heteroatoms. The highest BCUT2D eigenvalue weighted by atomic mass is 35.5. The second-order valence-corrected chi connectivity index (χ2v) is 9.15. The molecule has 2 aliphatic heterocycles. The smallest absolute Gasteiger partial charge is 0.254 e. The molecule has 1 amide bonds. The molecule has 0 radical (unpaired) electrons. The van der Waals surface area contributed by atoms with Crippen LogP contribution in [0.5, 0.6) is 0 Å². The van der Waals surface area contributed by atoms with Crippen molar-refractivity contribution >= 4 is 28.5 Å². The third kappa shape index (κ3) is 3.22. The summed E-state index contributed by atoms with van der Waals surface area (Å²) in [5.74, 6) is -0.455. The summed E-state index contributed by atoms with van der Waals surface area (Å²) in [6.45, 7) is 0. The Morgan fingerprint density at radius 1 is 1.09 bits per heavy atom. The Kier molecular flexibility index (Phi) is 4.69. The maximum Gasteiger partial charge on any atom is 0.254 e. The number of rotatable bonds is 2. The van der Waals surface area contributed by atoms with E-state index in [9.17, 15) is 9.18 Å². The Hall–Kier alpha value is -3.32. The van der Waals surface area contributed by atoms with E-state index in [-0.39, 0.29) is 23.0 Å². The van der Waals surface area contributed by atoms with Crippen LogP contribution in [-0.2, 0) is 13.5 Å². The lowest BCUT2D eigenvalue weighted by molar-refractivity contribution is 0.0392. The SMILES string of the molecule is Cn1nc2c(c1-c1ccc(Cl)c(F)c1)C[C@@H]1CCC[C@H]2N1C(=O)c1ccc2nccnc2c1. The van der Waals surface area contributed by atoms with Crippen LogP contribution in [-0.4, -0.2) is 36.6 Å². The van der Waals surface area contributed by atoms with Crippen molar-refractivity contribution in [2.45, 2.75) is 37.8 Å². The highest BCUT2D eigenvalue weighted by Crippen LogP contribution is 2.45. The fourth-order valence-electron chi connectivity index (χ4n) is 5.40. The Morgan fingerprint density at radius 2 is 1.91 bits per heavy atom. The van der Waals surface area contributed by atoms with E-state index in [4.69, 9.17) is 16.7 Å². The van der Waals surface area contributed by atoms with E-state index in [2.05, 4.69) is 9.97 Å². The van der Waals surface area contributed by atoms with Crippen LogP contribution in [0.2, 0.25) is 5.02 Å². The summed E-state index contributed by atoms with van der Waals surface area (Å²) < 4.78 is 16.0. The molecule has 2 aromatic carbocycles. The number of aryl methyl sites for hydroxylation is 1. The van der Waals surface area contributed by atoms with Gasteiger partial charge in [0, 0.05) is 42.2 Å². The van der Waals surface area contributed by atoms with Crippen LogP contribution in [0.15, 0.2) is 48.8 Å². The standard InChI is InChI=1S/C25H21ClFN5O/c1-31-24(14-5-7-18(26)19(27)11-14)17-13-16-3-2-4-22(23(17)30-31)32(16)25(33)15-6-8-20-21(12-15)29-10-9-28-20/h5-12,16,22H,2-4,13H2,1H3/t16-,22+/m0/s1. The molecular weight excluding hydrogens is 441 g/mol. The van der Waals surface area contributed by atoms with Crippen LogP contribution >= 0.6 is 11.6 Å². The van der Waals surface area contributed by atoms with Crippen molar-refractivity contribution in [1.82, 2.24) is 24.6 Å². The fraction of sp³-hybridized carbons (Fsp3) is 0.280. The highest BCUT2D eigenvalue weighted by molar-refractivity contribution is 6.30. The average Bonchev–Trinajstić information content (AvgIpc) is 3.15. The van der Waals surface area contributed by atoms with Crippen LogP contribution in [0, 0.1) is 5.82 Å². The minimum Gasteiger partial charge on any atom is -0.327 e. The number of fused-ring (bicyclic) bond motifs is 5. The number of hydrogen-bond donors (Lipinski definition) is 0. The minimum absolute atomic E-state index is 0.00681. The van der Waals surface area contributed by atoms with Gasteiger partial charge in [-0.2, -0.15) is 5.10 Å². The van der Waals surface area contributed by atoms with Crippen LogP contribution in [0.4, 0.5) is 4.39 Å². The Morgan fingerprint density at radius 3 is 2.73 bits per heavy atom. The van der Waals surface area contributed by atoms with Gasteiger partial charge in [-0.05, 0) is 56.0 Å². The van der Waals surface area contributed by atoms with E-state index in [0.717, 1.165) is 47.3 Å². The highest BCUT2D eigenvalue weighted by Gasteiger charge is 2.43. The van der Waals surface area contributed by atoms with Crippen molar-refractivity contribution in [1.29, 1.82) is 0 Å². The number of benzene rings is 2. The number of halogens is 2. The molecule has 2 aromatic heterocycles. The molecule has 6 rings (SSSR count). The van der Waals surface area contributed by atoms with Gasteiger partial charge in [-0.3, -0.25) is 19.4 Å². The number of carbonyl (C=O) groups is 1. The number of carbonyl (C=O) groups excluding carboxylic acids is 1. The molecule has 0 N–H and O–H groups in total. The average molecular weight is 462 g/mol. The van der Waals surface area contributed by atoms with Crippen molar-refractivity contribution < 1.29 is 9.18 Å². The summed E-state index contributed by atoms with van der Waals surface area (Å²) in [7, 11) is 1.87. The lowest BCUT2D eigenvalue weighted by atomic mass is 9.81. The van der Waals surface area contributed by atoms with Crippen molar-refractivity contribution in [3.05, 3.63) is 76.5 Å². The van der Waals surface area contributed by atoms with Crippen LogP contribution in [0.1, 0.15) is 46.9 Å². The van der Waals surface area contributed by atoms with Crippen molar-refractivity contribution in [3.8, 4) is 11.3 Å². The first-order valence-corrected chi connectivity index (χ1v) is 11.4. The molecule has 2 atom stereocenters. The largest absolute Gasteiger partial charge is 0.327 e. The van der Waals surface area contributed by atoms with Gasteiger partial charge < -0.3 is 4.90 Å². The van der Waals surface area contributed by atoms with Gasteiger partial charge in [0.25, 0.3) is 5.91 Å². The number of nitrogens with zero attached hydrogens (tertiary/aromatic N) is 5. The van der Waals surface area contributed by atoms with Crippen LogP contribution in [0.25, 0.3) is 22.3 Å². The van der Waals surface area contributed by atoms with Crippen molar-refractivity contribution in [3.63, 3.8) is 0 Å². The van der Waals surface area contributed by atoms with Crippen LogP contribution < -0.4 is 0 Å². The molecule has 2 aliphatic rings. The Labute approximate surface area is 195 Å². The maximum absolute atomic E-state index is 14.2. The first-order chi connectivity index (χ1) is 16.0. The van der Waals surface area contributed by atoms with Crippen molar-refractivity contribution in [2.75, 3.05) is 0 Å². The molecule has 4 aromatic rings. The van der Waals surface area contributed by atoms with Gasteiger partial charge >= 0.3 is 0 Å². The lowest BCUT2D eigenvalue weighted by Gasteiger charge is -2.45. The fourth-order valence-corrected chi connectivity index (χ4v) is 5.52. The van der Waals surface area contributed by atoms with Gasteiger partial charge in [0.15, 0.2) is 0 Å². The molecule has 1 fully saturated rings. The van der Waals surface area contributed by atoms with Gasteiger partial charge in [0.2, 0.25) is 0 Å². The third-order valence-corrected chi connectivity index (χ3v) is 7.13. The third-order valence-electron chi connectivity index (χ3n) is 6.82. The summed E-state index contributed by atoms with van der Waals surface area (Å²) in [6.07, 6.45) is 6.80. The number of hydrogen-bond acceptors (Lipinski definition) is 4. The topological polar surface area (TPSA) is 63.9 Å². The van der Waals surface area contributed by atoms with E-state index in [1.165, 1.54) is 6.07 Å².